The van der Waals surface area contributed by atoms with Crippen molar-refractivity contribution in [2.24, 2.45) is 7.05 Å². The van der Waals surface area contributed by atoms with E-state index in [4.69, 9.17) is 0 Å². The number of fused-ring (bicyclic) bond motifs is 1. The highest BCUT2D eigenvalue weighted by molar-refractivity contribution is 5.88. The van der Waals surface area contributed by atoms with Gasteiger partial charge in [-0.05, 0) is 38.3 Å². The third-order valence-corrected chi connectivity index (χ3v) is 3.57. The molecule has 1 aromatic carbocycles. The van der Waals surface area contributed by atoms with Crippen LogP contribution >= 0.6 is 0 Å². The number of Topliss-reactive ketones (excluding diaryl/α,β-unsaturated/α-hetero) is 1. The number of carbonyl (C=O) groups excluding carboxylic acids is 1. The predicted molar refractivity (Wildman–Crippen MR) is 71.4 cm³/mol. The van der Waals surface area contributed by atoms with Gasteiger partial charge in [0, 0.05) is 24.5 Å². The highest BCUT2D eigenvalue weighted by Gasteiger charge is 2.13. The van der Waals surface area contributed by atoms with Gasteiger partial charge < -0.3 is 9.36 Å². The van der Waals surface area contributed by atoms with Gasteiger partial charge in [0.15, 0.2) is 0 Å². The second-order valence-corrected chi connectivity index (χ2v) is 4.80. The zero-order valence-corrected chi connectivity index (χ0v) is 11.0. The molecule has 0 saturated heterocycles. The molecule has 0 bridgehead atoms. The summed E-state index contributed by atoms with van der Waals surface area (Å²) in [4.78, 5) is 11.1. The Balaban J connectivity index is 2.59. The van der Waals surface area contributed by atoms with Gasteiger partial charge in [-0.2, -0.15) is 0 Å². The number of nitrogens with zero attached hydrogens (tertiary/aromatic N) is 1. The summed E-state index contributed by atoms with van der Waals surface area (Å²) in [5.41, 5.74) is 5.18. The summed E-state index contributed by atoms with van der Waals surface area (Å²) >= 11 is 0. The molecule has 0 spiro atoms. The Morgan fingerprint density at radius 1 is 1.29 bits per heavy atom. The molecule has 2 rings (SSSR count). The Bertz CT molecular complexity index is 578. The normalized spacial score (nSPS) is 11.1. The van der Waals surface area contributed by atoms with Crippen molar-refractivity contribution in [2.75, 3.05) is 0 Å². The molecule has 0 saturated carbocycles. The number of hydrogen-bond donors (Lipinski definition) is 0. The third-order valence-electron chi connectivity index (χ3n) is 3.57. The minimum Gasteiger partial charge on any atom is -0.347 e. The van der Waals surface area contributed by atoms with Gasteiger partial charge in [0.1, 0.15) is 5.78 Å². The minimum atomic E-state index is 0.258. The van der Waals surface area contributed by atoms with E-state index in [1.54, 1.807) is 6.92 Å². The van der Waals surface area contributed by atoms with Crippen molar-refractivity contribution >= 4 is 16.7 Å². The van der Waals surface area contributed by atoms with E-state index in [9.17, 15) is 4.79 Å². The molecule has 0 amide bonds. The van der Waals surface area contributed by atoms with E-state index in [2.05, 4.69) is 43.7 Å². The highest BCUT2D eigenvalue weighted by atomic mass is 16.1. The fraction of sp³-hybridized carbons (Fsp3) is 0.400. The van der Waals surface area contributed by atoms with Crippen LogP contribution in [-0.4, -0.2) is 10.4 Å². The van der Waals surface area contributed by atoms with E-state index in [0.29, 0.717) is 6.42 Å². The average Bonchev–Trinajstić information content (AvgIpc) is 2.51. The quantitative estimate of drug-likeness (QED) is 0.791. The molecule has 2 aromatic rings. The van der Waals surface area contributed by atoms with Crippen LogP contribution in [0.3, 0.4) is 0 Å². The Hall–Kier alpha value is -1.57. The first-order valence-corrected chi connectivity index (χ1v) is 6.05. The van der Waals surface area contributed by atoms with Crippen LogP contribution in [0.15, 0.2) is 18.2 Å². The highest BCUT2D eigenvalue weighted by Crippen LogP contribution is 2.28. The van der Waals surface area contributed by atoms with E-state index in [1.165, 1.54) is 27.7 Å². The van der Waals surface area contributed by atoms with Crippen LogP contribution in [0.2, 0.25) is 0 Å². The molecule has 1 aromatic heterocycles. The zero-order valence-electron chi connectivity index (χ0n) is 11.0. The molecule has 17 heavy (non-hydrogen) atoms. The van der Waals surface area contributed by atoms with Crippen molar-refractivity contribution in [1.29, 1.82) is 0 Å². The summed E-state index contributed by atoms with van der Waals surface area (Å²) in [6, 6.07) is 6.38. The molecular formula is C15H19NO. The lowest BCUT2D eigenvalue weighted by Gasteiger charge is -2.01. The van der Waals surface area contributed by atoms with Gasteiger partial charge in [-0.25, -0.2) is 0 Å². The number of benzene rings is 1. The molecule has 0 aliphatic carbocycles. The Kier molecular flexibility index (Phi) is 3.05. The predicted octanol–water partition coefficient (Wildman–Crippen LogP) is 3.32. The van der Waals surface area contributed by atoms with Gasteiger partial charge in [0.2, 0.25) is 0 Å². The molecule has 0 radical (unpaired) electrons. The molecule has 1 heterocycles. The van der Waals surface area contributed by atoms with Crippen molar-refractivity contribution in [3.05, 3.63) is 35.0 Å². The lowest BCUT2D eigenvalue weighted by Crippen LogP contribution is -1.97. The van der Waals surface area contributed by atoms with Crippen molar-refractivity contribution in [3.63, 3.8) is 0 Å². The second-order valence-electron chi connectivity index (χ2n) is 4.80. The average molecular weight is 229 g/mol. The van der Waals surface area contributed by atoms with Gasteiger partial charge in [-0.15, -0.1) is 0 Å². The van der Waals surface area contributed by atoms with Crippen LogP contribution in [-0.2, 0) is 18.3 Å². The molecular weight excluding hydrogens is 210 g/mol. The smallest absolute Gasteiger partial charge is 0.130 e. The van der Waals surface area contributed by atoms with Crippen LogP contribution in [0, 0.1) is 13.8 Å². The second kappa shape index (κ2) is 4.36. The number of para-hydroxylation sites is 1. The molecule has 90 valence electrons. The number of aromatic nitrogens is 1. The first-order valence-electron chi connectivity index (χ1n) is 6.05. The van der Waals surface area contributed by atoms with Crippen molar-refractivity contribution < 1.29 is 4.79 Å². The molecule has 2 nitrogen and oxygen atoms in total. The van der Waals surface area contributed by atoms with E-state index in [1.807, 2.05) is 0 Å². The maximum Gasteiger partial charge on any atom is 0.130 e. The molecule has 0 N–H and O–H groups in total. The number of carbonyl (C=O) groups is 1. The molecule has 0 fully saturated rings. The zero-order chi connectivity index (χ0) is 12.6. The van der Waals surface area contributed by atoms with Gasteiger partial charge in [-0.1, -0.05) is 18.2 Å². The summed E-state index contributed by atoms with van der Waals surface area (Å²) in [7, 11) is 2.10. The van der Waals surface area contributed by atoms with E-state index < -0.39 is 0 Å². The van der Waals surface area contributed by atoms with E-state index >= 15 is 0 Å². The van der Waals surface area contributed by atoms with Crippen LogP contribution in [0.4, 0.5) is 0 Å². The van der Waals surface area contributed by atoms with Gasteiger partial charge in [0.05, 0.1) is 5.52 Å². The Morgan fingerprint density at radius 2 is 2.00 bits per heavy atom. The molecule has 0 aliphatic heterocycles. The SMILES string of the molecule is CC(=O)CCc1c(C)n(C)c2c(C)cccc12. The fourth-order valence-electron chi connectivity index (χ4n) is 2.53. The monoisotopic (exact) mass is 229 g/mol. The number of hydrogen-bond acceptors (Lipinski definition) is 1. The minimum absolute atomic E-state index is 0.258. The largest absolute Gasteiger partial charge is 0.347 e. The molecule has 0 aliphatic rings. The van der Waals surface area contributed by atoms with Crippen LogP contribution < -0.4 is 0 Å². The van der Waals surface area contributed by atoms with Crippen LogP contribution in [0.1, 0.15) is 30.2 Å². The maximum atomic E-state index is 11.1. The standard InChI is InChI=1S/C15H19NO/c1-10-6-5-7-14-13(9-8-11(2)17)12(3)16(4)15(10)14/h5-7H,8-9H2,1-4H3. The van der Waals surface area contributed by atoms with Crippen LogP contribution in [0.5, 0.6) is 0 Å². The lowest BCUT2D eigenvalue weighted by atomic mass is 10.0. The molecule has 2 heteroatoms. The van der Waals surface area contributed by atoms with Gasteiger partial charge >= 0.3 is 0 Å². The summed E-state index contributed by atoms with van der Waals surface area (Å²) in [6.07, 6.45) is 1.48. The van der Waals surface area contributed by atoms with E-state index in [0.717, 1.165) is 6.42 Å². The lowest BCUT2D eigenvalue weighted by molar-refractivity contribution is -0.116. The fourth-order valence-corrected chi connectivity index (χ4v) is 2.53. The summed E-state index contributed by atoms with van der Waals surface area (Å²) in [5, 5.41) is 1.30. The Morgan fingerprint density at radius 3 is 2.65 bits per heavy atom. The summed E-state index contributed by atoms with van der Waals surface area (Å²) in [5.74, 6) is 0.258. The first kappa shape index (κ1) is 11.9. The third kappa shape index (κ3) is 1.99. The number of rotatable bonds is 3. The number of ketones is 1. The van der Waals surface area contributed by atoms with Gasteiger partial charge in [-0.3, -0.25) is 0 Å². The van der Waals surface area contributed by atoms with Crippen molar-refractivity contribution in [2.45, 2.75) is 33.6 Å². The maximum absolute atomic E-state index is 11.1. The molecule has 0 atom stereocenters. The van der Waals surface area contributed by atoms with Crippen molar-refractivity contribution in [3.8, 4) is 0 Å². The summed E-state index contributed by atoms with van der Waals surface area (Å²) in [6.45, 7) is 5.93. The van der Waals surface area contributed by atoms with Crippen LogP contribution in [0.25, 0.3) is 10.9 Å². The molecule has 0 unspecified atom stereocenters. The Labute approximate surface area is 102 Å². The van der Waals surface area contributed by atoms with Crippen molar-refractivity contribution in [1.82, 2.24) is 4.57 Å². The number of aryl methyl sites for hydroxylation is 3. The van der Waals surface area contributed by atoms with Gasteiger partial charge in [0.25, 0.3) is 0 Å². The topological polar surface area (TPSA) is 22.0 Å². The summed E-state index contributed by atoms with van der Waals surface area (Å²) < 4.78 is 2.24. The first-order chi connectivity index (χ1) is 8.02. The van der Waals surface area contributed by atoms with E-state index in [-0.39, 0.29) is 5.78 Å².